The van der Waals surface area contributed by atoms with Crippen LogP contribution in [0, 0.1) is 11.3 Å². The van der Waals surface area contributed by atoms with E-state index in [0.29, 0.717) is 19.4 Å². The van der Waals surface area contributed by atoms with Gasteiger partial charge in [0, 0.05) is 25.6 Å². The van der Waals surface area contributed by atoms with E-state index >= 15 is 0 Å². The molecule has 2 N–H and O–H groups in total. The first-order valence-electron chi connectivity index (χ1n) is 12.1. The lowest BCUT2D eigenvalue weighted by Crippen LogP contribution is -2.38. The maximum atomic E-state index is 12.8. The van der Waals surface area contributed by atoms with Gasteiger partial charge in [0.15, 0.2) is 0 Å². The van der Waals surface area contributed by atoms with Crippen molar-refractivity contribution in [3.8, 4) is 11.1 Å². The second-order valence-corrected chi connectivity index (χ2v) is 9.97. The molecule has 0 spiro atoms. The Balaban J connectivity index is 1.10. The number of likely N-dealkylation sites (tertiary alicyclic amines) is 1. The number of alkyl carbamates (subject to hydrolysis) is 1. The van der Waals surface area contributed by atoms with E-state index in [9.17, 15) is 19.5 Å². The highest BCUT2D eigenvalue weighted by molar-refractivity contribution is 5.82. The molecule has 0 radical (unpaired) electrons. The van der Waals surface area contributed by atoms with Gasteiger partial charge in [-0.2, -0.15) is 0 Å². The second-order valence-electron chi connectivity index (χ2n) is 9.97. The van der Waals surface area contributed by atoms with Gasteiger partial charge in [0.2, 0.25) is 5.91 Å². The lowest BCUT2D eigenvalue weighted by Gasteiger charge is -2.22. The minimum absolute atomic E-state index is 0.00479. The Hall–Kier alpha value is -3.39. The minimum atomic E-state index is -0.889. The van der Waals surface area contributed by atoms with Gasteiger partial charge < -0.3 is 24.8 Å². The highest BCUT2D eigenvalue weighted by Crippen LogP contribution is 2.44. The summed E-state index contributed by atoms with van der Waals surface area (Å²) in [6.45, 7) is 3.11. The molecule has 2 fully saturated rings. The van der Waals surface area contributed by atoms with Crippen molar-refractivity contribution in [1.29, 1.82) is 0 Å². The van der Waals surface area contributed by atoms with Crippen LogP contribution in [0.15, 0.2) is 48.5 Å². The quantitative estimate of drug-likeness (QED) is 0.660. The van der Waals surface area contributed by atoms with Gasteiger partial charge in [-0.25, -0.2) is 4.79 Å². The number of hydrogen-bond donors (Lipinski definition) is 2. The summed E-state index contributed by atoms with van der Waals surface area (Å²) in [5.74, 6) is -1.27. The smallest absolute Gasteiger partial charge is 0.407 e. The predicted octanol–water partition coefficient (Wildman–Crippen LogP) is 3.25. The maximum absolute atomic E-state index is 12.8. The molecule has 184 valence electrons. The van der Waals surface area contributed by atoms with E-state index < -0.39 is 17.5 Å². The first-order valence-corrected chi connectivity index (χ1v) is 12.1. The van der Waals surface area contributed by atoms with Gasteiger partial charge in [0.25, 0.3) is 0 Å². The summed E-state index contributed by atoms with van der Waals surface area (Å²) in [5.41, 5.74) is 3.77. The SMILES string of the molecule is CC1(C(=O)O)CCN(C(=O)C2COC(CNC(=O)OCC3c4ccccc4-c4ccccc43)C2)C1. The Kier molecular flexibility index (Phi) is 6.23. The van der Waals surface area contributed by atoms with Crippen molar-refractivity contribution in [2.75, 3.05) is 32.8 Å². The van der Waals surface area contributed by atoms with Crippen LogP contribution in [0.4, 0.5) is 4.79 Å². The number of carbonyl (C=O) groups is 3. The number of carboxylic acids is 1. The zero-order valence-electron chi connectivity index (χ0n) is 19.7. The second kappa shape index (κ2) is 9.34. The lowest BCUT2D eigenvalue weighted by atomic mass is 9.90. The molecule has 2 amide bonds. The number of hydrogen-bond acceptors (Lipinski definition) is 5. The fourth-order valence-electron chi connectivity index (χ4n) is 5.45. The Morgan fingerprint density at radius 1 is 1.11 bits per heavy atom. The van der Waals surface area contributed by atoms with Crippen LogP contribution < -0.4 is 5.32 Å². The Labute approximate surface area is 204 Å². The van der Waals surface area contributed by atoms with E-state index in [1.165, 1.54) is 11.1 Å². The topological polar surface area (TPSA) is 105 Å². The molecular formula is C27H30N2O6. The molecule has 1 aliphatic carbocycles. The van der Waals surface area contributed by atoms with Crippen molar-refractivity contribution >= 4 is 18.0 Å². The van der Waals surface area contributed by atoms with Crippen molar-refractivity contribution in [2.45, 2.75) is 31.8 Å². The molecule has 0 bridgehead atoms. The normalized spacial score (nSPS) is 25.2. The maximum Gasteiger partial charge on any atom is 0.407 e. The Bertz CT molecular complexity index is 1100. The van der Waals surface area contributed by atoms with Crippen LogP contribution in [0.25, 0.3) is 11.1 Å². The number of carbonyl (C=O) groups excluding carboxylic acids is 2. The summed E-state index contributed by atoms with van der Waals surface area (Å²) in [6.07, 6.45) is 0.150. The van der Waals surface area contributed by atoms with Gasteiger partial charge in [0.05, 0.1) is 24.0 Å². The standard InChI is InChI=1S/C27H30N2O6/c1-27(25(31)32)10-11-29(16-27)24(30)17-12-18(34-14-17)13-28-26(33)35-15-23-21-8-4-2-6-19(21)20-7-3-5-9-22(20)23/h2-9,17-18,23H,10-16H2,1H3,(H,28,33)(H,31,32). The van der Waals surface area contributed by atoms with Crippen LogP contribution in [0.5, 0.6) is 0 Å². The summed E-state index contributed by atoms with van der Waals surface area (Å²) in [4.78, 5) is 38.3. The Morgan fingerprint density at radius 2 is 1.77 bits per heavy atom. The number of fused-ring (bicyclic) bond motifs is 3. The average molecular weight is 479 g/mol. The van der Waals surface area contributed by atoms with E-state index in [1.807, 2.05) is 24.3 Å². The van der Waals surface area contributed by atoms with Crippen molar-refractivity contribution in [2.24, 2.45) is 11.3 Å². The number of carboxylic acid groups (broad SMARTS) is 1. The summed E-state index contributed by atoms with van der Waals surface area (Å²) in [7, 11) is 0. The van der Waals surface area contributed by atoms with Gasteiger partial charge in [-0.1, -0.05) is 48.5 Å². The van der Waals surface area contributed by atoms with Crippen LogP contribution >= 0.6 is 0 Å². The summed E-state index contributed by atoms with van der Waals surface area (Å²) in [5, 5.41) is 12.2. The van der Waals surface area contributed by atoms with Crippen LogP contribution in [0.3, 0.4) is 0 Å². The van der Waals surface area contributed by atoms with Crippen LogP contribution in [-0.4, -0.2) is 66.9 Å². The number of nitrogens with zero attached hydrogens (tertiary/aromatic N) is 1. The fourth-order valence-corrected chi connectivity index (χ4v) is 5.45. The minimum Gasteiger partial charge on any atom is -0.481 e. The molecule has 3 unspecified atom stereocenters. The van der Waals surface area contributed by atoms with Crippen molar-refractivity contribution in [3.05, 3.63) is 59.7 Å². The molecule has 2 aromatic carbocycles. The molecule has 2 aliphatic heterocycles. The highest BCUT2D eigenvalue weighted by Gasteiger charge is 2.44. The van der Waals surface area contributed by atoms with Crippen LogP contribution in [0.1, 0.15) is 36.8 Å². The number of nitrogens with one attached hydrogen (secondary N) is 1. The van der Waals surface area contributed by atoms with E-state index in [-0.39, 0.29) is 50.2 Å². The van der Waals surface area contributed by atoms with E-state index in [2.05, 4.69) is 29.6 Å². The first kappa shape index (κ1) is 23.4. The number of aliphatic carboxylic acids is 1. The van der Waals surface area contributed by atoms with Crippen molar-refractivity contribution in [3.63, 3.8) is 0 Å². The lowest BCUT2D eigenvalue weighted by molar-refractivity contribution is -0.147. The third kappa shape index (κ3) is 4.50. The molecule has 2 saturated heterocycles. The number of rotatable bonds is 6. The number of benzene rings is 2. The third-order valence-electron chi connectivity index (χ3n) is 7.55. The van der Waals surface area contributed by atoms with Gasteiger partial charge >= 0.3 is 12.1 Å². The van der Waals surface area contributed by atoms with E-state index in [4.69, 9.17) is 9.47 Å². The first-order chi connectivity index (χ1) is 16.9. The Morgan fingerprint density at radius 3 is 2.40 bits per heavy atom. The molecule has 2 aromatic rings. The molecular weight excluding hydrogens is 448 g/mol. The molecule has 0 aromatic heterocycles. The monoisotopic (exact) mass is 478 g/mol. The van der Waals surface area contributed by atoms with E-state index in [1.54, 1.807) is 11.8 Å². The van der Waals surface area contributed by atoms with E-state index in [0.717, 1.165) is 11.1 Å². The van der Waals surface area contributed by atoms with Gasteiger partial charge in [0.1, 0.15) is 6.61 Å². The molecule has 3 aliphatic rings. The van der Waals surface area contributed by atoms with Crippen molar-refractivity contribution in [1.82, 2.24) is 10.2 Å². The number of amides is 2. The average Bonchev–Trinajstić information content (AvgIpc) is 3.58. The highest BCUT2D eigenvalue weighted by atomic mass is 16.5. The molecule has 5 rings (SSSR count). The summed E-state index contributed by atoms with van der Waals surface area (Å²) >= 11 is 0. The fraction of sp³-hybridized carbons (Fsp3) is 0.444. The summed E-state index contributed by atoms with van der Waals surface area (Å²) in [6, 6.07) is 16.4. The molecule has 8 nitrogen and oxygen atoms in total. The molecule has 8 heteroatoms. The van der Waals surface area contributed by atoms with Crippen LogP contribution in [0.2, 0.25) is 0 Å². The largest absolute Gasteiger partial charge is 0.481 e. The number of ether oxygens (including phenoxy) is 2. The molecule has 0 saturated carbocycles. The molecule has 35 heavy (non-hydrogen) atoms. The predicted molar refractivity (Wildman–Crippen MR) is 128 cm³/mol. The third-order valence-corrected chi connectivity index (χ3v) is 7.55. The van der Waals surface area contributed by atoms with Gasteiger partial charge in [-0.3, -0.25) is 9.59 Å². The van der Waals surface area contributed by atoms with Crippen molar-refractivity contribution < 1.29 is 29.0 Å². The van der Waals surface area contributed by atoms with Gasteiger partial charge in [-0.05, 0) is 42.0 Å². The zero-order valence-corrected chi connectivity index (χ0v) is 19.7. The molecule has 3 atom stereocenters. The summed E-state index contributed by atoms with van der Waals surface area (Å²) < 4.78 is 11.3. The molecule has 2 heterocycles. The van der Waals surface area contributed by atoms with Gasteiger partial charge in [-0.15, -0.1) is 0 Å². The van der Waals surface area contributed by atoms with Crippen LogP contribution in [-0.2, 0) is 19.1 Å². The zero-order chi connectivity index (χ0) is 24.6.